The molecule has 1 heterocycles. The minimum Gasteiger partial charge on any atom is -0.310 e. The molecule has 0 saturated heterocycles. The Kier molecular flexibility index (Phi) is 10.8. The summed E-state index contributed by atoms with van der Waals surface area (Å²) in [5.74, 6) is 0. The van der Waals surface area contributed by atoms with Gasteiger partial charge in [0.1, 0.15) is 0 Å². The van der Waals surface area contributed by atoms with Crippen molar-refractivity contribution >= 4 is 38.9 Å². The van der Waals surface area contributed by atoms with E-state index < -0.39 is 5.41 Å². The molecule has 1 aliphatic rings. The number of para-hydroxylation sites is 2. The maximum atomic E-state index is 2.47. The molecule has 2 nitrogen and oxygen atoms in total. The van der Waals surface area contributed by atoms with E-state index >= 15 is 0 Å². The summed E-state index contributed by atoms with van der Waals surface area (Å²) in [5.41, 5.74) is 23.2. The van der Waals surface area contributed by atoms with Crippen molar-refractivity contribution in [3.05, 3.63) is 326 Å². The number of rotatable bonds is 10. The molecular formula is C73H50N2. The summed E-state index contributed by atoms with van der Waals surface area (Å²) in [6.07, 6.45) is 0. The SMILES string of the molecule is c1ccc(-c2ccc(-c3ccc(N(c4ccc(-c5ccc6c(c5)c5ccccc5n6-c5ccccc5)cc4)c4cccc5c4-c4ccc(-c6ccccc6)cc4C5(c4ccccc4)c4ccccc4)cc3)cc2)cc1. The van der Waals surface area contributed by atoms with Gasteiger partial charge in [0.2, 0.25) is 0 Å². The van der Waals surface area contributed by atoms with Crippen LogP contribution in [0.1, 0.15) is 22.3 Å². The van der Waals surface area contributed by atoms with Crippen molar-refractivity contribution in [2.75, 3.05) is 4.90 Å². The van der Waals surface area contributed by atoms with Crippen LogP contribution in [0.3, 0.4) is 0 Å². The van der Waals surface area contributed by atoms with Crippen molar-refractivity contribution < 1.29 is 0 Å². The number of anilines is 3. The third kappa shape index (κ3) is 7.41. The molecule has 0 bridgehead atoms. The van der Waals surface area contributed by atoms with Gasteiger partial charge in [0.25, 0.3) is 0 Å². The third-order valence-electron chi connectivity index (χ3n) is 15.5. The van der Waals surface area contributed by atoms with Gasteiger partial charge in [-0.2, -0.15) is 0 Å². The normalized spacial score (nSPS) is 12.4. The number of fused-ring (bicyclic) bond motifs is 6. The van der Waals surface area contributed by atoms with E-state index in [0.29, 0.717) is 0 Å². The Balaban J connectivity index is 0.946. The van der Waals surface area contributed by atoms with Crippen molar-refractivity contribution in [3.8, 4) is 61.3 Å². The Bertz CT molecular complexity index is 4130. The zero-order chi connectivity index (χ0) is 49.7. The summed E-state index contributed by atoms with van der Waals surface area (Å²) in [5, 5.41) is 2.48. The van der Waals surface area contributed by atoms with Crippen molar-refractivity contribution in [2.45, 2.75) is 5.41 Å². The summed E-state index contributed by atoms with van der Waals surface area (Å²) in [6, 6.07) is 111. The van der Waals surface area contributed by atoms with E-state index in [9.17, 15) is 0 Å². The fraction of sp³-hybridized carbons (Fsp3) is 0.0137. The van der Waals surface area contributed by atoms with Crippen LogP contribution in [0.25, 0.3) is 83.1 Å². The molecule has 2 heteroatoms. The van der Waals surface area contributed by atoms with Crippen LogP contribution >= 0.6 is 0 Å². The second-order valence-electron chi connectivity index (χ2n) is 19.6. The monoisotopic (exact) mass is 954 g/mol. The topological polar surface area (TPSA) is 8.17 Å². The van der Waals surface area contributed by atoms with Crippen molar-refractivity contribution in [1.82, 2.24) is 4.57 Å². The van der Waals surface area contributed by atoms with Gasteiger partial charge >= 0.3 is 0 Å². The van der Waals surface area contributed by atoms with Crippen LogP contribution in [0.15, 0.2) is 303 Å². The van der Waals surface area contributed by atoms with Crippen LogP contribution in [-0.2, 0) is 5.41 Å². The molecule has 1 aromatic heterocycles. The average Bonchev–Trinajstić information content (AvgIpc) is 4.07. The first-order valence-electron chi connectivity index (χ1n) is 25.9. The predicted molar refractivity (Wildman–Crippen MR) is 315 cm³/mol. The molecule has 0 N–H and O–H groups in total. The second kappa shape index (κ2) is 18.4. The average molecular weight is 955 g/mol. The molecule has 0 spiro atoms. The second-order valence-corrected chi connectivity index (χ2v) is 19.6. The van der Waals surface area contributed by atoms with Crippen molar-refractivity contribution in [1.29, 1.82) is 0 Å². The number of benzene rings is 12. The molecule has 0 amide bonds. The van der Waals surface area contributed by atoms with Crippen molar-refractivity contribution in [2.24, 2.45) is 0 Å². The molecule has 352 valence electrons. The van der Waals surface area contributed by atoms with Gasteiger partial charge in [0, 0.05) is 33.4 Å². The van der Waals surface area contributed by atoms with Gasteiger partial charge in [-0.05, 0) is 139 Å². The molecule has 0 fully saturated rings. The molecule has 12 aromatic carbocycles. The van der Waals surface area contributed by atoms with Gasteiger partial charge in [-0.3, -0.25) is 0 Å². The Morgan fingerprint density at radius 3 is 1.29 bits per heavy atom. The van der Waals surface area contributed by atoms with E-state index in [1.807, 2.05) is 0 Å². The summed E-state index contributed by atoms with van der Waals surface area (Å²) >= 11 is 0. The smallest absolute Gasteiger partial charge is 0.0714 e. The van der Waals surface area contributed by atoms with Gasteiger partial charge in [-0.25, -0.2) is 0 Å². The van der Waals surface area contributed by atoms with Crippen LogP contribution in [0, 0.1) is 0 Å². The highest BCUT2D eigenvalue weighted by Gasteiger charge is 2.47. The number of hydrogen-bond acceptors (Lipinski definition) is 1. The number of aromatic nitrogens is 1. The minimum absolute atomic E-state index is 0.596. The van der Waals surface area contributed by atoms with Gasteiger partial charge in [0.05, 0.1) is 22.1 Å². The van der Waals surface area contributed by atoms with Gasteiger partial charge in [0.15, 0.2) is 0 Å². The molecule has 1 aliphatic carbocycles. The van der Waals surface area contributed by atoms with Gasteiger partial charge in [-0.1, -0.05) is 237 Å². The standard InChI is InChI=1S/C73H50N2/c1-6-19-51(20-7-1)53-33-35-54(36-34-53)55-37-43-62(44-38-55)74(63-45-39-56(40-46-63)57-42-48-70-66(49-57)64-29-16-17-31-69(64)75(70)61-27-14-5-15-28-61)71-32-18-30-67-72(71)65-47-41-58(52-21-8-2-9-22-52)50-68(65)73(67,59-23-10-3-11-24-59)60-25-12-4-13-26-60/h1-50H. The van der Waals surface area contributed by atoms with Crippen LogP contribution in [0.4, 0.5) is 17.1 Å². The van der Waals surface area contributed by atoms with E-state index in [-0.39, 0.29) is 0 Å². The summed E-state index contributed by atoms with van der Waals surface area (Å²) in [4.78, 5) is 2.47. The summed E-state index contributed by atoms with van der Waals surface area (Å²) in [7, 11) is 0. The lowest BCUT2D eigenvalue weighted by molar-refractivity contribution is 0.769. The molecule has 0 atom stereocenters. The number of hydrogen-bond donors (Lipinski definition) is 0. The third-order valence-corrected chi connectivity index (χ3v) is 15.5. The molecule has 75 heavy (non-hydrogen) atoms. The van der Waals surface area contributed by atoms with Crippen LogP contribution in [-0.4, -0.2) is 4.57 Å². The molecule has 0 unspecified atom stereocenters. The van der Waals surface area contributed by atoms with E-state index in [2.05, 4.69) is 313 Å². The quantitative estimate of drug-likeness (QED) is 0.133. The fourth-order valence-corrected chi connectivity index (χ4v) is 12.0. The Labute approximate surface area is 438 Å². The van der Waals surface area contributed by atoms with E-state index in [1.165, 1.54) is 94.1 Å². The van der Waals surface area contributed by atoms with Crippen LogP contribution in [0.5, 0.6) is 0 Å². The van der Waals surface area contributed by atoms with Gasteiger partial charge < -0.3 is 9.47 Å². The minimum atomic E-state index is -0.596. The molecule has 0 saturated carbocycles. The van der Waals surface area contributed by atoms with Crippen LogP contribution < -0.4 is 4.90 Å². The maximum absolute atomic E-state index is 2.47. The fourth-order valence-electron chi connectivity index (χ4n) is 12.0. The zero-order valence-corrected chi connectivity index (χ0v) is 41.3. The lowest BCUT2D eigenvalue weighted by atomic mass is 9.67. The maximum Gasteiger partial charge on any atom is 0.0714 e. The predicted octanol–water partition coefficient (Wildman–Crippen LogP) is 19.3. The first-order chi connectivity index (χ1) is 37.2. The summed E-state index contributed by atoms with van der Waals surface area (Å²) < 4.78 is 2.38. The molecular weight excluding hydrogens is 905 g/mol. The largest absolute Gasteiger partial charge is 0.310 e. The molecule has 0 radical (unpaired) electrons. The lowest BCUT2D eigenvalue weighted by Crippen LogP contribution is -2.28. The highest BCUT2D eigenvalue weighted by molar-refractivity contribution is 6.10. The van der Waals surface area contributed by atoms with Gasteiger partial charge in [-0.15, -0.1) is 0 Å². The first-order valence-corrected chi connectivity index (χ1v) is 25.9. The lowest BCUT2D eigenvalue weighted by Gasteiger charge is -2.34. The van der Waals surface area contributed by atoms with E-state index in [1.54, 1.807) is 0 Å². The number of nitrogens with zero attached hydrogens (tertiary/aromatic N) is 2. The molecule has 0 aliphatic heterocycles. The Morgan fingerprint density at radius 1 is 0.280 bits per heavy atom. The van der Waals surface area contributed by atoms with Crippen LogP contribution in [0.2, 0.25) is 0 Å². The zero-order valence-electron chi connectivity index (χ0n) is 41.3. The summed E-state index contributed by atoms with van der Waals surface area (Å²) in [6.45, 7) is 0. The first kappa shape index (κ1) is 44.0. The van der Waals surface area contributed by atoms with Crippen molar-refractivity contribution in [3.63, 3.8) is 0 Å². The Hall–Kier alpha value is -9.76. The molecule has 14 rings (SSSR count). The van der Waals surface area contributed by atoms with E-state index in [0.717, 1.165) is 28.3 Å². The molecule has 13 aromatic rings. The Morgan fingerprint density at radius 2 is 0.707 bits per heavy atom. The highest BCUT2D eigenvalue weighted by atomic mass is 15.1. The van der Waals surface area contributed by atoms with E-state index in [4.69, 9.17) is 0 Å². The highest BCUT2D eigenvalue weighted by Crippen LogP contribution is 2.60.